The number of nitriles is 1. The summed E-state index contributed by atoms with van der Waals surface area (Å²) >= 11 is 6.19. The molecular formula is C10H12ClNO3. The molecule has 3 aliphatic rings. The Morgan fingerprint density at radius 1 is 1.33 bits per heavy atom. The Kier molecular flexibility index (Phi) is 1.75. The second-order valence-corrected chi connectivity index (χ2v) is 5.51. The molecule has 4 nitrogen and oxygen atoms in total. The van der Waals surface area contributed by atoms with Gasteiger partial charge in [0, 0.05) is 6.42 Å². The highest BCUT2D eigenvalue weighted by atomic mass is 35.5. The lowest BCUT2D eigenvalue weighted by molar-refractivity contribution is -0.177. The van der Waals surface area contributed by atoms with E-state index in [1.165, 1.54) is 0 Å². The van der Waals surface area contributed by atoms with Gasteiger partial charge in [-0.3, -0.25) is 0 Å². The lowest BCUT2D eigenvalue weighted by Gasteiger charge is -2.27. The van der Waals surface area contributed by atoms with Crippen molar-refractivity contribution in [2.75, 3.05) is 0 Å². The Morgan fingerprint density at radius 2 is 2.00 bits per heavy atom. The van der Waals surface area contributed by atoms with Crippen molar-refractivity contribution in [1.82, 2.24) is 0 Å². The molecule has 0 spiro atoms. The third kappa shape index (κ3) is 1.18. The minimum atomic E-state index is -0.935. The van der Waals surface area contributed by atoms with E-state index < -0.39 is 10.7 Å². The molecule has 5 atom stereocenters. The summed E-state index contributed by atoms with van der Waals surface area (Å²) < 4.78 is 17.1. The molecule has 15 heavy (non-hydrogen) atoms. The van der Waals surface area contributed by atoms with Crippen molar-refractivity contribution in [1.29, 1.82) is 5.26 Å². The smallest absolute Gasteiger partial charge is 0.164 e. The molecule has 3 fully saturated rings. The highest BCUT2D eigenvalue weighted by Crippen LogP contribution is 2.52. The van der Waals surface area contributed by atoms with E-state index in [0.29, 0.717) is 6.42 Å². The Hall–Kier alpha value is -0.340. The summed E-state index contributed by atoms with van der Waals surface area (Å²) in [6, 6.07) is 2.12. The van der Waals surface area contributed by atoms with E-state index in [0.717, 1.165) is 0 Å². The Morgan fingerprint density at radius 3 is 2.67 bits per heavy atom. The zero-order valence-corrected chi connectivity index (χ0v) is 9.32. The van der Waals surface area contributed by atoms with Gasteiger partial charge < -0.3 is 14.2 Å². The first kappa shape index (κ1) is 9.86. The average Bonchev–Trinajstić information content (AvgIpc) is 2.72. The second-order valence-electron chi connectivity index (χ2n) is 4.84. The van der Waals surface area contributed by atoms with Gasteiger partial charge in [-0.1, -0.05) is 11.6 Å². The van der Waals surface area contributed by atoms with Gasteiger partial charge in [0.1, 0.15) is 18.3 Å². The van der Waals surface area contributed by atoms with Crippen LogP contribution in [0.2, 0.25) is 0 Å². The van der Waals surface area contributed by atoms with Crippen LogP contribution in [0.1, 0.15) is 20.3 Å². The van der Waals surface area contributed by atoms with Crippen LogP contribution in [0.3, 0.4) is 0 Å². The fourth-order valence-corrected chi connectivity index (χ4v) is 3.06. The third-order valence-electron chi connectivity index (χ3n) is 3.28. The lowest BCUT2D eigenvalue weighted by Crippen LogP contribution is -2.47. The standard InChI is InChI=1S/C10H12ClNO3/c1-9(2)14-6-5-3-10(11,4-12)8(13-5)7(6)15-9/h5-8H,3H2,1-2H3/t5-,6-,7-,8-,10+/m0/s1. The van der Waals surface area contributed by atoms with Crippen LogP contribution < -0.4 is 0 Å². The summed E-state index contributed by atoms with van der Waals surface area (Å²) in [6.45, 7) is 3.74. The molecule has 0 aromatic rings. The maximum absolute atomic E-state index is 9.04. The summed E-state index contributed by atoms with van der Waals surface area (Å²) in [7, 11) is 0. The molecule has 3 heterocycles. The summed E-state index contributed by atoms with van der Waals surface area (Å²) in [5, 5.41) is 9.04. The number of hydrogen-bond donors (Lipinski definition) is 0. The number of halogens is 1. The maximum Gasteiger partial charge on any atom is 0.164 e. The minimum absolute atomic E-state index is 0.0646. The molecule has 2 bridgehead atoms. The highest BCUT2D eigenvalue weighted by Gasteiger charge is 2.67. The highest BCUT2D eigenvalue weighted by molar-refractivity contribution is 6.26. The Labute approximate surface area is 93.0 Å². The predicted molar refractivity (Wildman–Crippen MR) is 51.3 cm³/mol. The average molecular weight is 230 g/mol. The molecular weight excluding hydrogens is 218 g/mol. The first-order valence-electron chi connectivity index (χ1n) is 5.06. The minimum Gasteiger partial charge on any atom is -0.366 e. The van der Waals surface area contributed by atoms with Crippen LogP contribution in [-0.2, 0) is 14.2 Å². The monoisotopic (exact) mass is 229 g/mol. The van der Waals surface area contributed by atoms with Crippen LogP contribution in [-0.4, -0.2) is 35.1 Å². The number of alkyl halides is 1. The first-order chi connectivity index (χ1) is 6.95. The summed E-state index contributed by atoms with van der Waals surface area (Å²) in [5.41, 5.74) is 0. The molecule has 3 saturated heterocycles. The van der Waals surface area contributed by atoms with Crippen molar-refractivity contribution in [2.45, 2.75) is 55.3 Å². The van der Waals surface area contributed by atoms with Crippen molar-refractivity contribution >= 4 is 11.6 Å². The maximum atomic E-state index is 9.04. The molecule has 0 saturated carbocycles. The van der Waals surface area contributed by atoms with Crippen molar-refractivity contribution in [2.24, 2.45) is 0 Å². The molecule has 0 amide bonds. The van der Waals surface area contributed by atoms with Gasteiger partial charge in [0.25, 0.3) is 0 Å². The van der Waals surface area contributed by atoms with E-state index in [9.17, 15) is 0 Å². The third-order valence-corrected chi connectivity index (χ3v) is 3.74. The summed E-state index contributed by atoms with van der Waals surface area (Å²) in [4.78, 5) is -0.935. The summed E-state index contributed by atoms with van der Waals surface area (Å²) in [6.07, 6.45) is -0.197. The molecule has 0 N–H and O–H groups in total. The lowest BCUT2D eigenvalue weighted by atomic mass is 9.85. The zero-order valence-electron chi connectivity index (χ0n) is 8.57. The van der Waals surface area contributed by atoms with Crippen LogP contribution in [0.5, 0.6) is 0 Å². The van der Waals surface area contributed by atoms with E-state index in [2.05, 4.69) is 6.07 Å². The van der Waals surface area contributed by atoms with Crippen LogP contribution in [0.15, 0.2) is 0 Å². The molecule has 0 unspecified atom stereocenters. The van der Waals surface area contributed by atoms with Gasteiger partial charge in [-0.2, -0.15) is 5.26 Å². The topological polar surface area (TPSA) is 51.5 Å². The molecule has 82 valence electrons. The molecule has 3 rings (SSSR count). The van der Waals surface area contributed by atoms with Crippen LogP contribution in [0, 0.1) is 11.3 Å². The quantitative estimate of drug-likeness (QED) is 0.586. The van der Waals surface area contributed by atoms with E-state index in [1.807, 2.05) is 13.8 Å². The van der Waals surface area contributed by atoms with Gasteiger partial charge in [0.2, 0.25) is 0 Å². The largest absolute Gasteiger partial charge is 0.366 e. The fourth-order valence-electron chi connectivity index (χ4n) is 2.73. The normalized spacial score (nSPS) is 55.3. The van der Waals surface area contributed by atoms with Crippen molar-refractivity contribution in [3.63, 3.8) is 0 Å². The van der Waals surface area contributed by atoms with Gasteiger partial charge in [-0.15, -0.1) is 0 Å². The van der Waals surface area contributed by atoms with E-state index in [4.69, 9.17) is 31.1 Å². The van der Waals surface area contributed by atoms with Gasteiger partial charge in [0.05, 0.1) is 12.2 Å². The van der Waals surface area contributed by atoms with Crippen LogP contribution >= 0.6 is 11.6 Å². The number of fused-ring (bicyclic) bond motifs is 5. The van der Waals surface area contributed by atoms with E-state index >= 15 is 0 Å². The fraction of sp³-hybridized carbons (Fsp3) is 0.900. The molecule has 0 aliphatic carbocycles. The SMILES string of the molecule is CC1(C)O[C@@H]2[C@H](O1)[C@@H]1O[C@H]2C[C@@]1(Cl)C#N. The van der Waals surface area contributed by atoms with Gasteiger partial charge in [-0.05, 0) is 13.8 Å². The number of nitrogens with zero attached hydrogens (tertiary/aromatic N) is 1. The first-order valence-corrected chi connectivity index (χ1v) is 5.44. The van der Waals surface area contributed by atoms with Gasteiger partial charge >= 0.3 is 0 Å². The van der Waals surface area contributed by atoms with E-state index in [1.54, 1.807) is 0 Å². The predicted octanol–water partition coefficient (Wildman–Crippen LogP) is 1.18. The Balaban J connectivity index is 1.91. The molecule has 0 aromatic heterocycles. The van der Waals surface area contributed by atoms with Crippen molar-refractivity contribution < 1.29 is 14.2 Å². The second kappa shape index (κ2) is 2.67. The van der Waals surface area contributed by atoms with Gasteiger partial charge in [0.15, 0.2) is 10.7 Å². The van der Waals surface area contributed by atoms with E-state index in [-0.39, 0.29) is 24.4 Å². The number of ether oxygens (including phenoxy) is 3. The van der Waals surface area contributed by atoms with Crippen molar-refractivity contribution in [3.8, 4) is 6.07 Å². The van der Waals surface area contributed by atoms with Crippen LogP contribution in [0.25, 0.3) is 0 Å². The molecule has 5 heteroatoms. The van der Waals surface area contributed by atoms with Crippen LogP contribution in [0.4, 0.5) is 0 Å². The number of rotatable bonds is 0. The molecule has 3 aliphatic heterocycles. The molecule has 0 aromatic carbocycles. The number of hydrogen-bond acceptors (Lipinski definition) is 4. The molecule has 0 radical (unpaired) electrons. The summed E-state index contributed by atoms with van der Waals surface area (Å²) in [5.74, 6) is -0.590. The zero-order chi connectivity index (χ0) is 10.8. The Bertz CT molecular complexity index is 353. The van der Waals surface area contributed by atoms with Crippen molar-refractivity contribution in [3.05, 3.63) is 0 Å². The van der Waals surface area contributed by atoms with Gasteiger partial charge in [-0.25, -0.2) is 0 Å².